The van der Waals surface area contributed by atoms with Gasteiger partial charge in [-0.25, -0.2) is 0 Å². The van der Waals surface area contributed by atoms with Gasteiger partial charge in [0.2, 0.25) is 0 Å². The predicted molar refractivity (Wildman–Crippen MR) is 77.4 cm³/mol. The van der Waals surface area contributed by atoms with Crippen molar-refractivity contribution in [2.24, 2.45) is 5.92 Å². The Bertz CT molecular complexity index is 405. The maximum absolute atomic E-state index is 12.1. The fourth-order valence-electron chi connectivity index (χ4n) is 1.51. The third kappa shape index (κ3) is 4.57. The molecule has 0 spiro atoms. The number of rotatable bonds is 6. The van der Waals surface area contributed by atoms with Gasteiger partial charge in [0.15, 0.2) is 0 Å². The van der Waals surface area contributed by atoms with E-state index in [0.29, 0.717) is 23.0 Å². The summed E-state index contributed by atoms with van der Waals surface area (Å²) in [5.41, 5.74) is 1.44. The Labute approximate surface area is 114 Å². The van der Waals surface area contributed by atoms with Crippen LogP contribution >= 0.6 is 11.6 Å². The zero-order valence-electron chi connectivity index (χ0n) is 11.2. The molecule has 1 amide bonds. The maximum atomic E-state index is 12.1. The normalized spacial score (nSPS) is 10.5. The van der Waals surface area contributed by atoms with Crippen LogP contribution in [0.25, 0.3) is 0 Å². The topological polar surface area (TPSA) is 41.1 Å². The van der Waals surface area contributed by atoms with E-state index < -0.39 is 0 Å². The summed E-state index contributed by atoms with van der Waals surface area (Å²) in [5.74, 6) is 0.352. The van der Waals surface area contributed by atoms with Crippen LogP contribution in [-0.4, -0.2) is 19.0 Å². The summed E-state index contributed by atoms with van der Waals surface area (Å²) in [6, 6.07) is 5.34. The van der Waals surface area contributed by atoms with Crippen LogP contribution in [0.1, 0.15) is 37.6 Å². The summed E-state index contributed by atoms with van der Waals surface area (Å²) in [5, 5.41) is 6.72. The minimum Gasteiger partial charge on any atom is -0.384 e. The van der Waals surface area contributed by atoms with E-state index in [0.717, 1.165) is 18.7 Å². The Morgan fingerprint density at radius 3 is 2.72 bits per heavy atom. The van der Waals surface area contributed by atoms with Gasteiger partial charge >= 0.3 is 0 Å². The SMILES string of the molecule is CCCNc1ccc(Cl)cc1C(=O)NCC(C)C. The average molecular weight is 269 g/mol. The Kier molecular flexibility index (Phi) is 5.99. The minimum absolute atomic E-state index is 0.0789. The van der Waals surface area contributed by atoms with Crippen molar-refractivity contribution in [1.29, 1.82) is 0 Å². The molecule has 0 aliphatic heterocycles. The number of benzene rings is 1. The molecule has 0 bridgehead atoms. The van der Waals surface area contributed by atoms with Crippen molar-refractivity contribution in [2.75, 3.05) is 18.4 Å². The van der Waals surface area contributed by atoms with E-state index in [1.165, 1.54) is 0 Å². The van der Waals surface area contributed by atoms with Gasteiger partial charge in [-0.3, -0.25) is 4.79 Å². The lowest BCUT2D eigenvalue weighted by Crippen LogP contribution is -2.28. The largest absolute Gasteiger partial charge is 0.384 e. The van der Waals surface area contributed by atoms with E-state index in [4.69, 9.17) is 11.6 Å². The molecule has 4 heteroatoms. The van der Waals surface area contributed by atoms with E-state index in [2.05, 4.69) is 31.4 Å². The molecule has 100 valence electrons. The molecule has 0 saturated heterocycles. The summed E-state index contributed by atoms with van der Waals surface area (Å²) in [6.07, 6.45) is 1.01. The van der Waals surface area contributed by atoms with Crippen LogP contribution in [-0.2, 0) is 0 Å². The van der Waals surface area contributed by atoms with Gasteiger partial charge in [0.1, 0.15) is 0 Å². The number of anilines is 1. The molecule has 1 aromatic rings. The van der Waals surface area contributed by atoms with Crippen LogP contribution in [0.4, 0.5) is 5.69 Å². The van der Waals surface area contributed by atoms with E-state index in [1.54, 1.807) is 12.1 Å². The van der Waals surface area contributed by atoms with Crippen molar-refractivity contribution in [3.8, 4) is 0 Å². The highest BCUT2D eigenvalue weighted by Crippen LogP contribution is 2.20. The van der Waals surface area contributed by atoms with Crippen molar-refractivity contribution >= 4 is 23.2 Å². The Morgan fingerprint density at radius 2 is 2.11 bits per heavy atom. The van der Waals surface area contributed by atoms with Gasteiger partial charge in [0.05, 0.1) is 5.56 Å². The molecule has 18 heavy (non-hydrogen) atoms. The number of amides is 1. The van der Waals surface area contributed by atoms with Gasteiger partial charge in [-0.15, -0.1) is 0 Å². The molecule has 0 unspecified atom stereocenters. The van der Waals surface area contributed by atoms with Crippen molar-refractivity contribution in [2.45, 2.75) is 27.2 Å². The van der Waals surface area contributed by atoms with Crippen LogP contribution in [0.5, 0.6) is 0 Å². The first kappa shape index (κ1) is 14.8. The predicted octanol–water partition coefficient (Wildman–Crippen LogP) is 3.55. The summed E-state index contributed by atoms with van der Waals surface area (Å²) < 4.78 is 0. The van der Waals surface area contributed by atoms with Gasteiger partial charge in [-0.2, -0.15) is 0 Å². The Hall–Kier alpha value is -1.22. The first-order valence-electron chi connectivity index (χ1n) is 6.36. The summed E-state index contributed by atoms with van der Waals surface area (Å²) in [7, 11) is 0. The number of hydrogen-bond donors (Lipinski definition) is 2. The molecule has 0 radical (unpaired) electrons. The van der Waals surface area contributed by atoms with E-state index in [1.807, 2.05) is 6.07 Å². The number of halogens is 1. The molecule has 0 aliphatic carbocycles. The zero-order valence-corrected chi connectivity index (χ0v) is 12.0. The highest BCUT2D eigenvalue weighted by molar-refractivity contribution is 6.31. The quantitative estimate of drug-likeness (QED) is 0.828. The minimum atomic E-state index is -0.0789. The van der Waals surface area contributed by atoms with E-state index in [9.17, 15) is 4.79 Å². The molecule has 1 aromatic carbocycles. The third-order valence-corrected chi connectivity index (χ3v) is 2.70. The van der Waals surface area contributed by atoms with E-state index in [-0.39, 0.29) is 5.91 Å². The first-order chi connectivity index (χ1) is 8.54. The van der Waals surface area contributed by atoms with Gasteiger partial charge in [0, 0.05) is 23.8 Å². The third-order valence-electron chi connectivity index (χ3n) is 2.46. The van der Waals surface area contributed by atoms with E-state index >= 15 is 0 Å². The second-order valence-electron chi connectivity index (χ2n) is 4.72. The molecule has 0 saturated carbocycles. The molecule has 1 rings (SSSR count). The van der Waals surface area contributed by atoms with Gasteiger partial charge in [-0.1, -0.05) is 32.4 Å². The highest BCUT2D eigenvalue weighted by Gasteiger charge is 2.12. The molecule has 0 atom stereocenters. The standard InChI is InChI=1S/C14H21ClN2O/c1-4-7-16-13-6-5-11(15)8-12(13)14(18)17-9-10(2)3/h5-6,8,10,16H,4,7,9H2,1-3H3,(H,17,18). The molecular weight excluding hydrogens is 248 g/mol. The maximum Gasteiger partial charge on any atom is 0.253 e. The highest BCUT2D eigenvalue weighted by atomic mass is 35.5. The van der Waals surface area contributed by atoms with Crippen LogP contribution in [0, 0.1) is 5.92 Å². The second-order valence-corrected chi connectivity index (χ2v) is 5.16. The molecular formula is C14H21ClN2O. The van der Waals surface area contributed by atoms with Crippen molar-refractivity contribution in [3.05, 3.63) is 28.8 Å². The average Bonchev–Trinajstić information content (AvgIpc) is 2.34. The van der Waals surface area contributed by atoms with Crippen LogP contribution in [0.15, 0.2) is 18.2 Å². The van der Waals surface area contributed by atoms with Gasteiger partial charge < -0.3 is 10.6 Å². The van der Waals surface area contributed by atoms with Gasteiger partial charge in [0.25, 0.3) is 5.91 Å². The number of nitrogens with one attached hydrogen (secondary N) is 2. The molecule has 0 aromatic heterocycles. The molecule has 0 heterocycles. The number of carbonyl (C=O) groups excluding carboxylic acids is 1. The fraction of sp³-hybridized carbons (Fsp3) is 0.500. The van der Waals surface area contributed by atoms with Crippen LogP contribution < -0.4 is 10.6 Å². The van der Waals surface area contributed by atoms with Crippen molar-refractivity contribution < 1.29 is 4.79 Å². The number of hydrogen-bond acceptors (Lipinski definition) is 2. The molecule has 0 fully saturated rings. The van der Waals surface area contributed by atoms with Crippen LogP contribution in [0.2, 0.25) is 5.02 Å². The lowest BCUT2D eigenvalue weighted by molar-refractivity contribution is 0.0950. The van der Waals surface area contributed by atoms with Crippen LogP contribution in [0.3, 0.4) is 0 Å². The lowest BCUT2D eigenvalue weighted by Gasteiger charge is -2.13. The Balaban J connectivity index is 2.83. The fourth-order valence-corrected chi connectivity index (χ4v) is 1.68. The summed E-state index contributed by atoms with van der Waals surface area (Å²) >= 11 is 5.95. The number of carbonyl (C=O) groups is 1. The molecule has 3 nitrogen and oxygen atoms in total. The first-order valence-corrected chi connectivity index (χ1v) is 6.74. The monoisotopic (exact) mass is 268 g/mol. The summed E-state index contributed by atoms with van der Waals surface area (Å²) in [4.78, 5) is 12.1. The Morgan fingerprint density at radius 1 is 1.39 bits per heavy atom. The second kappa shape index (κ2) is 7.27. The molecule has 0 aliphatic rings. The van der Waals surface area contributed by atoms with Crippen molar-refractivity contribution in [3.63, 3.8) is 0 Å². The van der Waals surface area contributed by atoms with Gasteiger partial charge in [-0.05, 0) is 30.5 Å². The molecule has 2 N–H and O–H groups in total. The smallest absolute Gasteiger partial charge is 0.253 e. The zero-order chi connectivity index (χ0) is 13.5. The summed E-state index contributed by atoms with van der Waals surface area (Å²) in [6.45, 7) is 7.72. The lowest BCUT2D eigenvalue weighted by atomic mass is 10.1. The van der Waals surface area contributed by atoms with Crippen molar-refractivity contribution in [1.82, 2.24) is 5.32 Å².